The van der Waals surface area contributed by atoms with Crippen LogP contribution in [-0.4, -0.2) is 37.1 Å². The lowest BCUT2D eigenvalue weighted by Gasteiger charge is -2.36. The zero-order valence-corrected chi connectivity index (χ0v) is 16.7. The molecule has 1 unspecified atom stereocenters. The van der Waals surface area contributed by atoms with Gasteiger partial charge in [-0.15, -0.1) is 24.0 Å². The smallest absolute Gasteiger partial charge is 0.191 e. The minimum absolute atomic E-state index is 0. The van der Waals surface area contributed by atoms with E-state index in [1.807, 2.05) is 6.07 Å². The Kier molecular flexibility index (Phi) is 6.71. The highest BCUT2D eigenvalue weighted by atomic mass is 127. The maximum atomic E-state index is 13.8. The van der Waals surface area contributed by atoms with Gasteiger partial charge in [0.1, 0.15) is 0 Å². The average Bonchev–Trinajstić information content (AvgIpc) is 2.50. The molecule has 24 heavy (non-hydrogen) atoms. The van der Waals surface area contributed by atoms with E-state index in [0.717, 1.165) is 31.5 Å². The molecule has 2 N–H and O–H groups in total. The number of piperidine rings is 1. The number of likely N-dealkylation sites (tertiary alicyclic amines) is 1. The summed E-state index contributed by atoms with van der Waals surface area (Å²) >= 11 is 0. The van der Waals surface area contributed by atoms with Gasteiger partial charge in [-0.3, -0.25) is 0 Å². The van der Waals surface area contributed by atoms with Crippen molar-refractivity contribution in [2.45, 2.75) is 44.6 Å². The van der Waals surface area contributed by atoms with Crippen molar-refractivity contribution in [3.63, 3.8) is 0 Å². The third-order valence-corrected chi connectivity index (χ3v) is 5.06. The Morgan fingerprint density at radius 2 is 2.12 bits per heavy atom. The molecule has 0 aromatic heterocycles. The zero-order chi connectivity index (χ0) is 16.4. The molecule has 1 aliphatic heterocycles. The van der Waals surface area contributed by atoms with Crippen molar-refractivity contribution >= 4 is 29.9 Å². The maximum Gasteiger partial charge on any atom is 0.191 e. The van der Waals surface area contributed by atoms with Crippen molar-refractivity contribution < 1.29 is 9.13 Å². The van der Waals surface area contributed by atoms with Crippen molar-refractivity contribution in [3.05, 3.63) is 29.6 Å². The molecule has 2 fully saturated rings. The molecule has 2 aliphatic rings. The number of nitrogens with zero attached hydrogens (tertiary/aromatic N) is 2. The van der Waals surface area contributed by atoms with E-state index in [1.54, 1.807) is 12.1 Å². The van der Waals surface area contributed by atoms with Gasteiger partial charge in [0.05, 0.1) is 13.2 Å². The molecule has 1 heterocycles. The summed E-state index contributed by atoms with van der Waals surface area (Å²) in [6.07, 6.45) is 4.35. The third-order valence-electron chi connectivity index (χ3n) is 5.06. The van der Waals surface area contributed by atoms with Crippen LogP contribution < -0.4 is 10.5 Å². The summed E-state index contributed by atoms with van der Waals surface area (Å²) < 4.78 is 18.7. The minimum Gasteiger partial charge on any atom is -0.494 e. The number of halogens is 2. The van der Waals surface area contributed by atoms with Gasteiger partial charge in [0, 0.05) is 13.1 Å². The number of hydrogen-bond acceptors (Lipinski definition) is 2. The number of rotatable bonds is 3. The highest BCUT2D eigenvalue weighted by molar-refractivity contribution is 14.0. The Morgan fingerprint density at radius 1 is 1.38 bits per heavy atom. The molecule has 3 rings (SSSR count). The number of nitrogens with two attached hydrogens (primary N) is 1. The molecule has 1 aliphatic carbocycles. The lowest BCUT2D eigenvalue weighted by molar-refractivity contribution is 0.265. The van der Waals surface area contributed by atoms with Gasteiger partial charge in [-0.2, -0.15) is 0 Å². The number of ether oxygens (including phenoxy) is 1. The summed E-state index contributed by atoms with van der Waals surface area (Å²) in [7, 11) is 1.48. The molecule has 0 bridgehead atoms. The highest BCUT2D eigenvalue weighted by Crippen LogP contribution is 2.40. The lowest BCUT2D eigenvalue weighted by atomic mass is 9.76. The SMILES string of the molecule is COc1ccc(C2CC(N=C(N)N3CCCC(C)C3)C2)cc1F.I. The number of aliphatic imine (C=N–C) groups is 1. The van der Waals surface area contributed by atoms with Gasteiger partial charge in [-0.05, 0) is 55.2 Å². The minimum atomic E-state index is -0.293. The summed E-state index contributed by atoms with van der Waals surface area (Å²) in [6.45, 7) is 4.28. The molecular formula is C18H27FIN3O. The first-order valence-corrected chi connectivity index (χ1v) is 8.48. The molecule has 0 amide bonds. The summed E-state index contributed by atoms with van der Waals surface area (Å²) in [5.41, 5.74) is 7.19. The number of guanidine groups is 1. The average molecular weight is 447 g/mol. The third kappa shape index (κ3) is 4.32. The molecule has 1 aromatic carbocycles. The Morgan fingerprint density at radius 3 is 2.75 bits per heavy atom. The van der Waals surface area contributed by atoms with Crippen LogP contribution in [0.25, 0.3) is 0 Å². The molecule has 6 heteroatoms. The van der Waals surface area contributed by atoms with Crippen molar-refractivity contribution in [2.75, 3.05) is 20.2 Å². The first kappa shape index (κ1) is 19.3. The fourth-order valence-corrected chi connectivity index (χ4v) is 3.57. The molecule has 0 radical (unpaired) electrons. The molecular weight excluding hydrogens is 420 g/mol. The molecule has 1 atom stereocenters. The summed E-state index contributed by atoms with van der Waals surface area (Å²) in [4.78, 5) is 6.88. The summed E-state index contributed by atoms with van der Waals surface area (Å²) in [5, 5.41) is 0. The predicted molar refractivity (Wildman–Crippen MR) is 106 cm³/mol. The van der Waals surface area contributed by atoms with Crippen LogP contribution >= 0.6 is 24.0 Å². The quantitative estimate of drug-likeness (QED) is 0.437. The zero-order valence-electron chi connectivity index (χ0n) is 14.4. The standard InChI is InChI=1S/C18H26FN3O.HI/c1-12-4-3-7-22(11-12)18(20)21-15-8-14(9-15)13-5-6-17(23-2)16(19)10-13;/h5-6,10,12,14-15H,3-4,7-9,11H2,1-2H3,(H2,20,21);1H. The van der Waals surface area contributed by atoms with E-state index in [0.29, 0.717) is 23.5 Å². The van der Waals surface area contributed by atoms with Crippen LogP contribution in [0.1, 0.15) is 44.1 Å². The van der Waals surface area contributed by atoms with Crippen LogP contribution in [0.4, 0.5) is 4.39 Å². The first-order chi connectivity index (χ1) is 11.1. The monoisotopic (exact) mass is 447 g/mol. The molecule has 0 spiro atoms. The van der Waals surface area contributed by atoms with Crippen LogP contribution in [0.15, 0.2) is 23.2 Å². The van der Waals surface area contributed by atoms with Crippen LogP contribution in [0.5, 0.6) is 5.75 Å². The van der Waals surface area contributed by atoms with Crippen LogP contribution in [0.2, 0.25) is 0 Å². The Hall–Kier alpha value is -1.05. The molecule has 1 aromatic rings. The van der Waals surface area contributed by atoms with Crippen LogP contribution in [0, 0.1) is 11.7 Å². The highest BCUT2D eigenvalue weighted by Gasteiger charge is 2.31. The number of hydrogen-bond donors (Lipinski definition) is 1. The van der Waals surface area contributed by atoms with E-state index >= 15 is 0 Å². The van der Waals surface area contributed by atoms with Crippen LogP contribution in [-0.2, 0) is 0 Å². The van der Waals surface area contributed by atoms with E-state index in [2.05, 4.69) is 16.8 Å². The molecule has 134 valence electrons. The van der Waals surface area contributed by atoms with Crippen LogP contribution in [0.3, 0.4) is 0 Å². The van der Waals surface area contributed by atoms with Gasteiger partial charge in [0.15, 0.2) is 17.5 Å². The maximum absolute atomic E-state index is 13.8. The normalized spacial score (nSPS) is 27.2. The fourth-order valence-electron chi connectivity index (χ4n) is 3.57. The van der Waals surface area contributed by atoms with Gasteiger partial charge >= 0.3 is 0 Å². The Labute approximate surface area is 160 Å². The molecule has 1 saturated carbocycles. The Balaban J connectivity index is 0.00000208. The second-order valence-electron chi connectivity index (χ2n) is 6.90. The van der Waals surface area contributed by atoms with Gasteiger partial charge in [0.25, 0.3) is 0 Å². The van der Waals surface area contributed by atoms with Gasteiger partial charge in [-0.25, -0.2) is 9.38 Å². The van der Waals surface area contributed by atoms with E-state index < -0.39 is 0 Å². The predicted octanol–water partition coefficient (Wildman–Crippen LogP) is 3.74. The van der Waals surface area contributed by atoms with E-state index in [4.69, 9.17) is 10.5 Å². The van der Waals surface area contributed by atoms with Gasteiger partial charge in [0.2, 0.25) is 0 Å². The second kappa shape index (κ2) is 8.36. The number of benzene rings is 1. The molecule has 4 nitrogen and oxygen atoms in total. The van der Waals surface area contributed by atoms with E-state index in [1.165, 1.54) is 20.0 Å². The number of methoxy groups -OCH3 is 1. The summed E-state index contributed by atoms with van der Waals surface area (Å²) in [5.74, 6) is 1.75. The second-order valence-corrected chi connectivity index (χ2v) is 6.90. The van der Waals surface area contributed by atoms with Crippen molar-refractivity contribution in [1.29, 1.82) is 0 Å². The van der Waals surface area contributed by atoms with E-state index in [-0.39, 0.29) is 35.8 Å². The summed E-state index contributed by atoms with van der Waals surface area (Å²) in [6, 6.07) is 5.49. The Bertz CT molecular complexity index is 590. The van der Waals surface area contributed by atoms with Crippen molar-refractivity contribution in [2.24, 2.45) is 16.6 Å². The van der Waals surface area contributed by atoms with Gasteiger partial charge < -0.3 is 15.4 Å². The molecule has 1 saturated heterocycles. The first-order valence-electron chi connectivity index (χ1n) is 8.48. The lowest BCUT2D eigenvalue weighted by Crippen LogP contribution is -2.44. The largest absolute Gasteiger partial charge is 0.494 e. The van der Waals surface area contributed by atoms with Crippen molar-refractivity contribution in [3.8, 4) is 5.75 Å². The topological polar surface area (TPSA) is 50.9 Å². The van der Waals surface area contributed by atoms with Crippen molar-refractivity contribution in [1.82, 2.24) is 4.90 Å². The fraction of sp³-hybridized carbons (Fsp3) is 0.611. The van der Waals surface area contributed by atoms with E-state index in [9.17, 15) is 4.39 Å². The van der Waals surface area contributed by atoms with Gasteiger partial charge in [-0.1, -0.05) is 13.0 Å².